The van der Waals surface area contributed by atoms with Gasteiger partial charge < -0.3 is 10.1 Å². The number of hydrogen-bond acceptors (Lipinski definition) is 3. The maximum absolute atomic E-state index is 14.1. The molecule has 3 rings (SSSR count). The predicted molar refractivity (Wildman–Crippen MR) is 86.9 cm³/mol. The van der Waals surface area contributed by atoms with Gasteiger partial charge in [-0.1, -0.05) is 24.3 Å². The number of para-hydroxylation sites is 1. The summed E-state index contributed by atoms with van der Waals surface area (Å²) in [7, 11) is 1.53. The van der Waals surface area contributed by atoms with Gasteiger partial charge in [-0.05, 0) is 24.3 Å². The average Bonchev–Trinajstić information content (AvgIpc) is 2.89. The number of carbonyl (C=O) groups is 1. The molecule has 0 fully saturated rings. The molecule has 0 unspecified atom stereocenters. The Morgan fingerprint density at radius 3 is 2.68 bits per heavy atom. The third kappa shape index (κ3) is 2.73. The van der Waals surface area contributed by atoms with Crippen LogP contribution in [0.5, 0.6) is 0 Å². The molecule has 5 heteroatoms. The first-order valence-corrected chi connectivity index (χ1v) is 7.57. The van der Waals surface area contributed by atoms with Crippen LogP contribution >= 0.6 is 11.3 Å². The second-order valence-corrected chi connectivity index (χ2v) is 5.83. The van der Waals surface area contributed by atoms with E-state index in [1.54, 1.807) is 6.07 Å². The minimum absolute atomic E-state index is 0.193. The van der Waals surface area contributed by atoms with Crippen LogP contribution < -0.4 is 5.32 Å². The molecule has 0 radical (unpaired) electrons. The van der Waals surface area contributed by atoms with E-state index in [9.17, 15) is 9.18 Å². The van der Waals surface area contributed by atoms with Crippen molar-refractivity contribution < 1.29 is 13.9 Å². The van der Waals surface area contributed by atoms with Crippen molar-refractivity contribution in [3.05, 3.63) is 64.8 Å². The summed E-state index contributed by atoms with van der Waals surface area (Å²) in [6.07, 6.45) is 0. The summed E-state index contributed by atoms with van der Waals surface area (Å²) in [5, 5.41) is 3.30. The molecule has 0 saturated carbocycles. The molecule has 3 aromatic rings. The fourth-order valence-corrected chi connectivity index (χ4v) is 3.46. The second-order valence-electron chi connectivity index (χ2n) is 4.78. The molecular formula is C17H14FNO2S. The highest BCUT2D eigenvalue weighted by atomic mass is 32.1. The van der Waals surface area contributed by atoms with Gasteiger partial charge in [0.1, 0.15) is 5.82 Å². The fraction of sp³-hybridized carbons (Fsp3) is 0.118. The summed E-state index contributed by atoms with van der Waals surface area (Å²) in [5.41, 5.74) is 1.29. The van der Waals surface area contributed by atoms with Crippen LogP contribution in [0.3, 0.4) is 0 Å². The quantitative estimate of drug-likeness (QED) is 0.773. The number of thiophene rings is 1. The molecule has 22 heavy (non-hydrogen) atoms. The number of rotatable bonds is 4. The van der Waals surface area contributed by atoms with Crippen LogP contribution in [-0.2, 0) is 11.3 Å². The van der Waals surface area contributed by atoms with E-state index in [1.807, 2.05) is 36.4 Å². The highest BCUT2D eigenvalue weighted by Gasteiger charge is 2.20. The van der Waals surface area contributed by atoms with Gasteiger partial charge in [0.15, 0.2) is 0 Å². The number of halogens is 1. The van der Waals surface area contributed by atoms with Crippen molar-refractivity contribution >= 4 is 33.0 Å². The zero-order valence-electron chi connectivity index (χ0n) is 11.9. The van der Waals surface area contributed by atoms with E-state index in [0.717, 1.165) is 4.70 Å². The molecule has 1 aromatic heterocycles. The normalized spacial score (nSPS) is 10.8. The van der Waals surface area contributed by atoms with Crippen LogP contribution in [0.2, 0.25) is 0 Å². The van der Waals surface area contributed by atoms with Crippen molar-refractivity contribution in [1.29, 1.82) is 0 Å². The Hall–Kier alpha value is -2.24. The van der Waals surface area contributed by atoms with E-state index >= 15 is 0 Å². The summed E-state index contributed by atoms with van der Waals surface area (Å²) >= 11 is 1.27. The van der Waals surface area contributed by atoms with Gasteiger partial charge in [-0.2, -0.15) is 0 Å². The third-order valence-electron chi connectivity index (χ3n) is 3.29. The third-order valence-corrected chi connectivity index (χ3v) is 4.49. The average molecular weight is 315 g/mol. The zero-order chi connectivity index (χ0) is 15.5. The Labute approximate surface area is 131 Å². The van der Waals surface area contributed by atoms with Crippen LogP contribution in [0.4, 0.5) is 10.1 Å². The van der Waals surface area contributed by atoms with Crippen molar-refractivity contribution in [1.82, 2.24) is 0 Å². The summed E-state index contributed by atoms with van der Waals surface area (Å²) in [5.74, 6) is -0.585. The molecule has 112 valence electrons. The van der Waals surface area contributed by atoms with Gasteiger partial charge in [-0.15, -0.1) is 11.3 Å². The van der Waals surface area contributed by atoms with Gasteiger partial charge in [0.2, 0.25) is 0 Å². The molecule has 1 N–H and O–H groups in total. The van der Waals surface area contributed by atoms with Gasteiger partial charge in [-0.25, -0.2) is 4.39 Å². The van der Waals surface area contributed by atoms with Crippen LogP contribution in [0.1, 0.15) is 15.2 Å². The first kappa shape index (κ1) is 14.7. The summed E-state index contributed by atoms with van der Waals surface area (Å²) in [6, 6.07) is 14.0. The lowest BCUT2D eigenvalue weighted by molar-refractivity contribution is 0.102. The molecule has 0 aliphatic carbocycles. The Morgan fingerprint density at radius 2 is 1.95 bits per heavy atom. The molecule has 0 spiro atoms. The van der Waals surface area contributed by atoms with Crippen molar-refractivity contribution in [2.24, 2.45) is 0 Å². The van der Waals surface area contributed by atoms with Gasteiger partial charge in [0, 0.05) is 28.4 Å². The molecule has 0 aliphatic heterocycles. The molecular weight excluding hydrogens is 301 g/mol. The number of benzene rings is 2. The predicted octanol–water partition coefficient (Wildman–Crippen LogP) is 4.44. The Kier molecular flexibility index (Phi) is 4.18. The van der Waals surface area contributed by atoms with Gasteiger partial charge in [-0.3, -0.25) is 4.79 Å². The van der Waals surface area contributed by atoms with Gasteiger partial charge in [0.25, 0.3) is 5.91 Å². The highest BCUT2D eigenvalue weighted by Crippen LogP contribution is 2.34. The van der Waals surface area contributed by atoms with Crippen molar-refractivity contribution in [3.63, 3.8) is 0 Å². The van der Waals surface area contributed by atoms with Crippen molar-refractivity contribution in [2.75, 3.05) is 12.4 Å². The monoisotopic (exact) mass is 315 g/mol. The van der Waals surface area contributed by atoms with E-state index in [-0.39, 0.29) is 18.3 Å². The molecule has 0 atom stereocenters. The minimum atomic E-state index is -0.334. The maximum Gasteiger partial charge on any atom is 0.266 e. The van der Waals surface area contributed by atoms with E-state index in [4.69, 9.17) is 4.74 Å². The fourth-order valence-electron chi connectivity index (χ4n) is 2.34. The molecule has 1 heterocycles. The lowest BCUT2D eigenvalue weighted by Crippen LogP contribution is -2.12. The highest BCUT2D eigenvalue weighted by molar-refractivity contribution is 7.21. The summed E-state index contributed by atoms with van der Waals surface area (Å²) in [6.45, 7) is 0.193. The number of carbonyl (C=O) groups excluding carboxylic acids is 1. The first-order valence-electron chi connectivity index (χ1n) is 6.76. The molecule has 2 aromatic carbocycles. The van der Waals surface area contributed by atoms with E-state index < -0.39 is 0 Å². The smallest absolute Gasteiger partial charge is 0.266 e. The number of methoxy groups -OCH3 is 1. The van der Waals surface area contributed by atoms with Gasteiger partial charge >= 0.3 is 0 Å². The van der Waals surface area contributed by atoms with Crippen molar-refractivity contribution in [3.8, 4) is 0 Å². The largest absolute Gasteiger partial charge is 0.380 e. The number of amides is 1. The van der Waals surface area contributed by atoms with Crippen molar-refractivity contribution in [2.45, 2.75) is 6.61 Å². The summed E-state index contributed by atoms with van der Waals surface area (Å²) < 4.78 is 20.0. The topological polar surface area (TPSA) is 38.3 Å². The molecule has 1 amide bonds. The number of ether oxygens (including phenoxy) is 1. The van der Waals surface area contributed by atoms with E-state index in [2.05, 4.69) is 5.32 Å². The zero-order valence-corrected chi connectivity index (χ0v) is 12.7. The SMILES string of the molecule is COCc1c(C(=O)Nc2ccccc2)sc2cccc(F)c12. The standard InChI is InChI=1S/C17H14FNO2S/c1-21-10-12-15-13(18)8-5-9-14(15)22-16(12)17(20)19-11-6-3-2-4-7-11/h2-9H,10H2,1H3,(H,19,20). The van der Waals surface area contributed by atoms with E-state index in [0.29, 0.717) is 21.5 Å². The van der Waals surface area contributed by atoms with E-state index in [1.165, 1.54) is 24.5 Å². The Bertz CT molecular complexity index is 814. The molecule has 0 bridgehead atoms. The van der Waals surface area contributed by atoms with Crippen LogP contribution in [0.25, 0.3) is 10.1 Å². The Morgan fingerprint density at radius 1 is 1.18 bits per heavy atom. The molecule has 3 nitrogen and oxygen atoms in total. The number of hydrogen-bond donors (Lipinski definition) is 1. The molecule has 0 saturated heterocycles. The van der Waals surface area contributed by atoms with Gasteiger partial charge in [0.05, 0.1) is 11.5 Å². The maximum atomic E-state index is 14.1. The lowest BCUT2D eigenvalue weighted by Gasteiger charge is -2.06. The first-order chi connectivity index (χ1) is 10.7. The number of fused-ring (bicyclic) bond motifs is 1. The molecule has 0 aliphatic rings. The second kappa shape index (κ2) is 6.25. The lowest BCUT2D eigenvalue weighted by atomic mass is 10.1. The summed E-state index contributed by atoms with van der Waals surface area (Å²) in [4.78, 5) is 13.0. The number of anilines is 1. The minimum Gasteiger partial charge on any atom is -0.380 e. The van der Waals surface area contributed by atoms with Crippen LogP contribution in [0.15, 0.2) is 48.5 Å². The Balaban J connectivity index is 2.04. The number of nitrogens with one attached hydrogen (secondary N) is 1. The van der Waals surface area contributed by atoms with Crippen LogP contribution in [-0.4, -0.2) is 13.0 Å². The van der Waals surface area contributed by atoms with Crippen LogP contribution in [0, 0.1) is 5.82 Å².